The molecule has 0 aliphatic carbocycles. The van der Waals surface area contributed by atoms with E-state index in [0.29, 0.717) is 17.5 Å². The number of nitrogens with two attached hydrogens (primary N) is 1. The highest BCUT2D eigenvalue weighted by atomic mass is 32.2. The fourth-order valence-electron chi connectivity index (χ4n) is 1.93. The number of nitrogens with one attached hydrogen (secondary N) is 1. The van der Waals surface area contributed by atoms with Gasteiger partial charge in [-0.05, 0) is 5.56 Å². The molecule has 0 spiro atoms. The Morgan fingerprint density at radius 2 is 1.92 bits per heavy atom. The maximum Gasteiger partial charge on any atom is 0.229 e. The van der Waals surface area contributed by atoms with Crippen molar-refractivity contribution >= 4 is 40.1 Å². The van der Waals surface area contributed by atoms with E-state index in [2.05, 4.69) is 42.6 Å². The third kappa shape index (κ3) is 5.00. The summed E-state index contributed by atoms with van der Waals surface area (Å²) in [5.41, 5.74) is 6.93. The number of aromatic nitrogens is 5. The third-order valence-electron chi connectivity index (χ3n) is 3.10. The predicted molar refractivity (Wildman–Crippen MR) is 102 cm³/mol. The molecule has 3 aromatic rings. The van der Waals surface area contributed by atoms with Gasteiger partial charge in [0.2, 0.25) is 17.0 Å². The summed E-state index contributed by atoms with van der Waals surface area (Å²) in [6.45, 7) is 0.719. The summed E-state index contributed by atoms with van der Waals surface area (Å²) >= 11 is 3.03. The average Bonchev–Trinajstić information content (AvgIpc) is 3.06. The lowest BCUT2D eigenvalue weighted by Crippen LogP contribution is -2.15. The molecule has 0 radical (unpaired) electrons. The van der Waals surface area contributed by atoms with Crippen LogP contribution in [0.1, 0.15) is 11.4 Å². The molecule has 10 heteroatoms. The number of nitrogens with zero attached hydrogens (tertiary/aromatic N) is 6. The lowest BCUT2D eigenvalue weighted by Gasteiger charge is -2.10. The third-order valence-corrected chi connectivity index (χ3v) is 5.12. The Labute approximate surface area is 153 Å². The van der Waals surface area contributed by atoms with Crippen LogP contribution in [0, 0.1) is 0 Å². The van der Waals surface area contributed by atoms with E-state index in [1.807, 2.05) is 32.3 Å². The maximum atomic E-state index is 5.73. The van der Waals surface area contributed by atoms with Crippen molar-refractivity contribution in [2.75, 3.05) is 30.0 Å². The van der Waals surface area contributed by atoms with Gasteiger partial charge in [0.1, 0.15) is 5.82 Å². The average molecular weight is 374 g/mol. The van der Waals surface area contributed by atoms with Crippen molar-refractivity contribution in [2.45, 2.75) is 16.6 Å². The van der Waals surface area contributed by atoms with Gasteiger partial charge >= 0.3 is 0 Å². The summed E-state index contributed by atoms with van der Waals surface area (Å²) in [6, 6.07) is 10.2. The van der Waals surface area contributed by atoms with E-state index >= 15 is 0 Å². The minimum atomic E-state index is 0.219. The van der Waals surface area contributed by atoms with Crippen molar-refractivity contribution in [3.63, 3.8) is 0 Å². The van der Waals surface area contributed by atoms with E-state index in [1.54, 1.807) is 4.90 Å². The number of nitrogen functional groups attached to an aromatic ring is 1. The van der Waals surface area contributed by atoms with Crippen LogP contribution in [-0.4, -0.2) is 39.2 Å². The molecule has 2 heterocycles. The smallest absolute Gasteiger partial charge is 0.229 e. The van der Waals surface area contributed by atoms with Crippen LogP contribution in [0.5, 0.6) is 0 Å². The van der Waals surface area contributed by atoms with E-state index in [1.165, 1.54) is 28.7 Å². The van der Waals surface area contributed by atoms with Crippen molar-refractivity contribution < 1.29 is 0 Å². The second kappa shape index (κ2) is 8.08. The first-order chi connectivity index (χ1) is 12.1. The van der Waals surface area contributed by atoms with Gasteiger partial charge in [-0.15, -0.1) is 10.2 Å². The van der Waals surface area contributed by atoms with E-state index < -0.39 is 0 Å². The van der Waals surface area contributed by atoms with Crippen LogP contribution in [0.25, 0.3) is 0 Å². The van der Waals surface area contributed by atoms with Gasteiger partial charge in [0.15, 0.2) is 4.34 Å². The number of anilines is 3. The van der Waals surface area contributed by atoms with E-state index in [4.69, 9.17) is 5.73 Å². The normalized spacial score (nSPS) is 10.6. The Bertz CT molecular complexity index is 821. The van der Waals surface area contributed by atoms with Gasteiger partial charge < -0.3 is 16.0 Å². The summed E-state index contributed by atoms with van der Waals surface area (Å²) in [4.78, 5) is 14.4. The van der Waals surface area contributed by atoms with Crippen molar-refractivity contribution in [2.24, 2.45) is 0 Å². The van der Waals surface area contributed by atoms with Crippen LogP contribution < -0.4 is 16.0 Å². The van der Waals surface area contributed by atoms with Gasteiger partial charge in [-0.1, -0.05) is 53.4 Å². The highest BCUT2D eigenvalue weighted by Crippen LogP contribution is 2.28. The molecule has 3 N–H and O–H groups in total. The minimum absolute atomic E-state index is 0.219. The Kier molecular flexibility index (Phi) is 5.61. The summed E-state index contributed by atoms with van der Waals surface area (Å²) in [7, 11) is 3.72. The molecule has 0 atom stereocenters. The molecule has 0 saturated heterocycles. The highest BCUT2D eigenvalue weighted by Gasteiger charge is 2.09. The first kappa shape index (κ1) is 17.4. The summed E-state index contributed by atoms with van der Waals surface area (Å²) in [5, 5.41) is 12.4. The van der Waals surface area contributed by atoms with Gasteiger partial charge in [-0.25, -0.2) is 0 Å². The zero-order chi connectivity index (χ0) is 17.6. The monoisotopic (exact) mass is 374 g/mol. The fourth-order valence-corrected chi connectivity index (χ4v) is 3.53. The lowest BCUT2D eigenvalue weighted by molar-refractivity contribution is 0.918. The molecular weight excluding hydrogens is 356 g/mol. The first-order valence-electron chi connectivity index (χ1n) is 7.52. The number of thioether (sulfide) groups is 1. The topological polar surface area (TPSA) is 106 Å². The molecule has 0 saturated carbocycles. The molecule has 0 unspecified atom stereocenters. The van der Waals surface area contributed by atoms with E-state index in [0.717, 1.165) is 16.0 Å². The zero-order valence-corrected chi connectivity index (χ0v) is 15.5. The minimum Gasteiger partial charge on any atom is -0.368 e. The number of hydrogen-bond acceptors (Lipinski definition) is 10. The molecule has 25 heavy (non-hydrogen) atoms. The summed E-state index contributed by atoms with van der Waals surface area (Å²) < 4.78 is 0.848. The summed E-state index contributed by atoms with van der Waals surface area (Å²) in [6.07, 6.45) is 0. The maximum absolute atomic E-state index is 5.73. The Morgan fingerprint density at radius 1 is 1.12 bits per heavy atom. The van der Waals surface area contributed by atoms with Crippen molar-refractivity contribution in [3.8, 4) is 0 Å². The molecule has 8 nitrogen and oxygen atoms in total. The van der Waals surface area contributed by atoms with Gasteiger partial charge in [-0.3, -0.25) is 0 Å². The zero-order valence-electron chi connectivity index (χ0n) is 13.9. The standard InChI is InChI=1S/C15H18N8S2/c1-23(2)13-19-11(18-12(16)20-13)9-24-15-22-21-14(25-15)17-8-10-6-4-3-5-7-10/h3-7H,8-9H2,1-2H3,(H,17,21)(H2,16,18,19,20). The highest BCUT2D eigenvalue weighted by molar-refractivity contribution is 8.00. The van der Waals surface area contributed by atoms with Crippen molar-refractivity contribution in [1.82, 2.24) is 25.1 Å². The predicted octanol–water partition coefficient (Wildman–Crippen LogP) is 2.28. The molecular formula is C15H18N8S2. The largest absolute Gasteiger partial charge is 0.368 e. The Balaban J connectivity index is 1.57. The second-order valence-corrected chi connectivity index (χ2v) is 7.51. The van der Waals surface area contributed by atoms with E-state index in [9.17, 15) is 0 Å². The quantitative estimate of drug-likeness (QED) is 0.602. The molecule has 2 aromatic heterocycles. The molecule has 0 fully saturated rings. The van der Waals surface area contributed by atoms with Crippen LogP contribution in [0.2, 0.25) is 0 Å². The van der Waals surface area contributed by atoms with Crippen LogP contribution >= 0.6 is 23.1 Å². The number of hydrogen-bond donors (Lipinski definition) is 2. The van der Waals surface area contributed by atoms with Crippen LogP contribution in [0.4, 0.5) is 17.0 Å². The van der Waals surface area contributed by atoms with Gasteiger partial charge in [-0.2, -0.15) is 15.0 Å². The molecule has 1 aromatic carbocycles. The van der Waals surface area contributed by atoms with Gasteiger partial charge in [0, 0.05) is 20.6 Å². The molecule has 3 rings (SSSR count). The molecule has 130 valence electrons. The molecule has 0 amide bonds. The molecule has 0 bridgehead atoms. The fraction of sp³-hybridized carbons (Fsp3) is 0.267. The van der Waals surface area contributed by atoms with Crippen LogP contribution in [0.3, 0.4) is 0 Å². The van der Waals surface area contributed by atoms with Gasteiger partial charge in [0.05, 0.1) is 5.75 Å². The van der Waals surface area contributed by atoms with Gasteiger partial charge in [0.25, 0.3) is 0 Å². The lowest BCUT2D eigenvalue weighted by atomic mass is 10.2. The molecule has 0 aliphatic heterocycles. The first-order valence-corrected chi connectivity index (χ1v) is 9.32. The molecule has 0 aliphatic rings. The van der Waals surface area contributed by atoms with E-state index in [-0.39, 0.29) is 5.95 Å². The number of benzene rings is 1. The summed E-state index contributed by atoms with van der Waals surface area (Å²) in [5.74, 6) is 1.94. The number of rotatable bonds is 7. The van der Waals surface area contributed by atoms with Crippen molar-refractivity contribution in [3.05, 3.63) is 41.7 Å². The second-order valence-electron chi connectivity index (χ2n) is 5.31. The Hall–Kier alpha value is -2.46. The van der Waals surface area contributed by atoms with Crippen LogP contribution in [0.15, 0.2) is 34.7 Å². The Morgan fingerprint density at radius 3 is 2.68 bits per heavy atom. The van der Waals surface area contributed by atoms with Crippen LogP contribution in [-0.2, 0) is 12.3 Å². The van der Waals surface area contributed by atoms with Crippen molar-refractivity contribution in [1.29, 1.82) is 0 Å². The SMILES string of the molecule is CN(C)c1nc(N)nc(CSc2nnc(NCc3ccccc3)s2)n1.